The van der Waals surface area contributed by atoms with Crippen molar-refractivity contribution in [3.05, 3.63) is 73.7 Å². The van der Waals surface area contributed by atoms with Gasteiger partial charge in [-0.05, 0) is 49.4 Å². The summed E-state index contributed by atoms with van der Waals surface area (Å²) in [6.07, 6.45) is 0. The summed E-state index contributed by atoms with van der Waals surface area (Å²) in [6.45, 7) is 1.96. The highest BCUT2D eigenvalue weighted by molar-refractivity contribution is 7.13. The monoisotopic (exact) mass is 450 g/mol. The van der Waals surface area contributed by atoms with Crippen LogP contribution in [0.25, 0.3) is 0 Å². The highest BCUT2D eigenvalue weighted by atomic mass is 35.5. The average Bonchev–Trinajstić information content (AvgIpc) is 3.09. The molecule has 3 aromatic rings. The van der Waals surface area contributed by atoms with Crippen molar-refractivity contribution >= 4 is 52.1 Å². The first-order chi connectivity index (χ1) is 13.9. The molecule has 0 spiro atoms. The molecule has 0 aliphatic heterocycles. The van der Waals surface area contributed by atoms with E-state index in [1.54, 1.807) is 31.2 Å². The van der Waals surface area contributed by atoms with Crippen LogP contribution in [0, 0.1) is 6.92 Å². The van der Waals surface area contributed by atoms with Crippen LogP contribution in [-0.4, -0.2) is 24.0 Å². The van der Waals surface area contributed by atoms with Crippen LogP contribution in [0.5, 0.6) is 5.75 Å². The van der Waals surface area contributed by atoms with Gasteiger partial charge in [0.15, 0.2) is 0 Å². The summed E-state index contributed by atoms with van der Waals surface area (Å²) in [6, 6.07) is 11.5. The predicted octanol–water partition coefficient (Wildman–Crippen LogP) is 5.38. The zero-order chi connectivity index (χ0) is 21.0. The van der Waals surface area contributed by atoms with E-state index in [1.165, 1.54) is 36.6 Å². The molecule has 29 heavy (non-hydrogen) atoms. The number of aromatic nitrogens is 1. The summed E-state index contributed by atoms with van der Waals surface area (Å²) >= 11 is 13.2. The summed E-state index contributed by atoms with van der Waals surface area (Å²) in [7, 11) is 1.28. The number of benzene rings is 2. The molecule has 0 saturated carbocycles. The molecule has 0 aliphatic carbocycles. The molecule has 0 radical (unpaired) electrons. The Labute approximate surface area is 181 Å². The molecule has 150 valence electrons. The van der Waals surface area contributed by atoms with Crippen LogP contribution in [0.15, 0.2) is 42.5 Å². The number of amides is 1. The van der Waals surface area contributed by atoms with Gasteiger partial charge in [0.25, 0.3) is 5.91 Å². The fraction of sp³-hybridized carbons (Fsp3) is 0.150. The van der Waals surface area contributed by atoms with Crippen molar-refractivity contribution in [2.75, 3.05) is 12.4 Å². The molecule has 0 fully saturated rings. The maximum atomic E-state index is 12.7. The lowest BCUT2D eigenvalue weighted by molar-refractivity contribution is 0.0600. The lowest BCUT2D eigenvalue weighted by Crippen LogP contribution is -2.13. The lowest BCUT2D eigenvalue weighted by atomic mass is 10.2. The fourth-order valence-electron chi connectivity index (χ4n) is 2.45. The number of halogens is 2. The van der Waals surface area contributed by atoms with Crippen molar-refractivity contribution in [1.29, 1.82) is 0 Å². The molecule has 3 rings (SSSR count). The fourth-order valence-corrected chi connectivity index (χ4v) is 3.61. The predicted molar refractivity (Wildman–Crippen MR) is 113 cm³/mol. The summed E-state index contributed by atoms with van der Waals surface area (Å²) in [5.41, 5.74) is 1.17. The molecule has 0 saturated heterocycles. The van der Waals surface area contributed by atoms with Gasteiger partial charge in [-0.25, -0.2) is 9.78 Å². The van der Waals surface area contributed by atoms with Crippen molar-refractivity contribution in [2.24, 2.45) is 0 Å². The van der Waals surface area contributed by atoms with Gasteiger partial charge >= 0.3 is 5.97 Å². The van der Waals surface area contributed by atoms with Crippen LogP contribution in [0.3, 0.4) is 0 Å². The van der Waals surface area contributed by atoms with Crippen molar-refractivity contribution in [2.45, 2.75) is 13.5 Å². The standard InChI is InChI=1S/C20H16Cl2N2O4S/c1-11-18(29-17(23-11)10-28-14-6-4-13(21)5-7-14)19(25)24-16-9-12(20(26)27-2)3-8-15(16)22/h3-9H,10H2,1-2H3,(H,24,25). The first-order valence-electron chi connectivity index (χ1n) is 8.41. The Kier molecular flexibility index (Phi) is 6.74. The molecule has 9 heteroatoms. The van der Waals surface area contributed by atoms with E-state index >= 15 is 0 Å². The first-order valence-corrected chi connectivity index (χ1v) is 9.98. The molecule has 1 heterocycles. The smallest absolute Gasteiger partial charge is 0.337 e. The van der Waals surface area contributed by atoms with Gasteiger partial charge < -0.3 is 14.8 Å². The number of methoxy groups -OCH3 is 1. The summed E-state index contributed by atoms with van der Waals surface area (Å²) < 4.78 is 10.4. The Morgan fingerprint density at radius 2 is 1.86 bits per heavy atom. The lowest BCUT2D eigenvalue weighted by Gasteiger charge is -2.08. The van der Waals surface area contributed by atoms with Gasteiger partial charge in [-0.1, -0.05) is 23.2 Å². The number of rotatable bonds is 6. The van der Waals surface area contributed by atoms with Gasteiger partial charge in [0, 0.05) is 5.02 Å². The number of thiazole rings is 1. The topological polar surface area (TPSA) is 77.5 Å². The second-order valence-corrected chi connectivity index (χ2v) is 7.83. The van der Waals surface area contributed by atoms with E-state index in [0.717, 1.165) is 0 Å². The highest BCUT2D eigenvalue weighted by Gasteiger charge is 2.18. The Bertz CT molecular complexity index is 1050. The molecule has 2 aromatic carbocycles. The van der Waals surface area contributed by atoms with E-state index in [9.17, 15) is 9.59 Å². The zero-order valence-corrected chi connectivity index (χ0v) is 17.8. The van der Waals surface area contributed by atoms with E-state index in [2.05, 4.69) is 15.0 Å². The number of hydrogen-bond donors (Lipinski definition) is 1. The second kappa shape index (κ2) is 9.26. The third-order valence-electron chi connectivity index (χ3n) is 3.86. The molecular weight excluding hydrogens is 435 g/mol. The number of hydrogen-bond acceptors (Lipinski definition) is 6. The number of carbonyl (C=O) groups is 2. The minimum atomic E-state index is -0.521. The average molecular weight is 451 g/mol. The number of anilines is 1. The van der Waals surface area contributed by atoms with Crippen molar-refractivity contribution in [3.8, 4) is 5.75 Å². The highest BCUT2D eigenvalue weighted by Crippen LogP contribution is 2.26. The number of esters is 1. The third kappa shape index (κ3) is 5.26. The molecule has 1 aromatic heterocycles. The van der Waals surface area contributed by atoms with Crippen LogP contribution in [-0.2, 0) is 11.3 Å². The molecule has 6 nitrogen and oxygen atoms in total. The minimum Gasteiger partial charge on any atom is -0.486 e. The number of aryl methyl sites for hydroxylation is 1. The van der Waals surface area contributed by atoms with E-state index in [1.807, 2.05) is 0 Å². The van der Waals surface area contributed by atoms with Gasteiger partial charge in [0.1, 0.15) is 22.2 Å². The molecule has 1 N–H and O–H groups in total. The quantitative estimate of drug-likeness (QED) is 0.510. The zero-order valence-electron chi connectivity index (χ0n) is 15.5. The van der Waals surface area contributed by atoms with Crippen molar-refractivity contribution in [3.63, 3.8) is 0 Å². The molecule has 0 atom stereocenters. The van der Waals surface area contributed by atoms with Gasteiger partial charge in [-0.2, -0.15) is 0 Å². The van der Waals surface area contributed by atoms with Gasteiger partial charge in [-0.3, -0.25) is 4.79 Å². The van der Waals surface area contributed by atoms with E-state index in [4.69, 9.17) is 27.9 Å². The summed E-state index contributed by atoms with van der Waals surface area (Å²) in [4.78, 5) is 29.2. The number of nitrogens with one attached hydrogen (secondary N) is 1. The van der Waals surface area contributed by atoms with E-state index in [0.29, 0.717) is 37.1 Å². The largest absolute Gasteiger partial charge is 0.486 e. The van der Waals surface area contributed by atoms with Crippen LogP contribution >= 0.6 is 34.5 Å². The first kappa shape index (κ1) is 21.1. The number of ether oxygens (including phenoxy) is 2. The maximum absolute atomic E-state index is 12.7. The molecule has 1 amide bonds. The van der Waals surface area contributed by atoms with Crippen molar-refractivity contribution < 1.29 is 19.1 Å². The van der Waals surface area contributed by atoms with E-state index in [-0.39, 0.29) is 18.1 Å². The number of nitrogens with zero attached hydrogens (tertiary/aromatic N) is 1. The van der Waals surface area contributed by atoms with Crippen LogP contribution in [0.4, 0.5) is 5.69 Å². The Balaban J connectivity index is 1.71. The molecule has 0 bridgehead atoms. The summed E-state index contributed by atoms with van der Waals surface area (Å²) in [5.74, 6) is -0.242. The van der Waals surface area contributed by atoms with Gasteiger partial charge in [0.05, 0.1) is 29.1 Å². The molecule has 0 aliphatic rings. The SMILES string of the molecule is COC(=O)c1ccc(Cl)c(NC(=O)c2sc(COc3ccc(Cl)cc3)nc2C)c1. The van der Waals surface area contributed by atoms with E-state index < -0.39 is 5.97 Å². The Morgan fingerprint density at radius 3 is 2.55 bits per heavy atom. The Morgan fingerprint density at radius 1 is 1.14 bits per heavy atom. The summed E-state index contributed by atoms with van der Waals surface area (Å²) in [5, 5.41) is 4.29. The molecule has 0 unspecified atom stereocenters. The van der Waals surface area contributed by atoms with Crippen LogP contribution < -0.4 is 10.1 Å². The van der Waals surface area contributed by atoms with Gasteiger partial charge in [-0.15, -0.1) is 11.3 Å². The van der Waals surface area contributed by atoms with Crippen LogP contribution in [0.1, 0.15) is 30.7 Å². The number of carbonyl (C=O) groups excluding carboxylic acids is 2. The maximum Gasteiger partial charge on any atom is 0.337 e. The third-order valence-corrected chi connectivity index (χ3v) is 5.57. The molecular formula is C20H16Cl2N2O4S. The normalized spacial score (nSPS) is 10.5. The minimum absolute atomic E-state index is 0.221. The second-order valence-electron chi connectivity index (χ2n) is 5.91. The van der Waals surface area contributed by atoms with Gasteiger partial charge in [0.2, 0.25) is 0 Å². The van der Waals surface area contributed by atoms with Crippen LogP contribution in [0.2, 0.25) is 10.0 Å². The van der Waals surface area contributed by atoms with Crippen molar-refractivity contribution in [1.82, 2.24) is 4.98 Å². The Hall–Kier alpha value is -2.61.